The van der Waals surface area contributed by atoms with Gasteiger partial charge in [-0.2, -0.15) is 0 Å². The van der Waals surface area contributed by atoms with Gasteiger partial charge in [-0.3, -0.25) is 9.59 Å². The van der Waals surface area contributed by atoms with Gasteiger partial charge in [0.25, 0.3) is 0 Å². The molecule has 0 aliphatic carbocycles. The molecule has 0 aromatic heterocycles. The van der Waals surface area contributed by atoms with Gasteiger partial charge in [0.1, 0.15) is 6.04 Å². The number of anilines is 1. The number of para-hydroxylation sites is 1. The van der Waals surface area contributed by atoms with Crippen molar-refractivity contribution in [2.45, 2.75) is 12.1 Å². The molecule has 28 heavy (non-hydrogen) atoms. The molecule has 3 aliphatic heterocycles. The Morgan fingerprint density at radius 3 is 2.36 bits per heavy atom. The number of carbonyl (C=O) groups is 3. The average molecular weight is 374 g/mol. The smallest absolute Gasteiger partial charge is 0.329 e. The Balaban J connectivity index is 1.66. The molecule has 2 fully saturated rings. The van der Waals surface area contributed by atoms with Crippen molar-refractivity contribution in [2.75, 3.05) is 12.0 Å². The Morgan fingerprint density at radius 2 is 1.61 bits per heavy atom. The molecule has 0 radical (unpaired) electrons. The van der Waals surface area contributed by atoms with Crippen LogP contribution in [-0.4, -0.2) is 35.8 Å². The summed E-state index contributed by atoms with van der Waals surface area (Å²) in [7, 11) is 1.31. The summed E-state index contributed by atoms with van der Waals surface area (Å²) in [5.41, 5.74) is 2.47. The molecule has 140 valence electrons. The monoisotopic (exact) mass is 374 g/mol. The number of esters is 1. The highest BCUT2D eigenvalue weighted by Gasteiger charge is 2.65. The number of amides is 2. The lowest BCUT2D eigenvalue weighted by Gasteiger charge is -2.34. The Hall–Kier alpha value is -3.41. The summed E-state index contributed by atoms with van der Waals surface area (Å²) >= 11 is 0. The highest BCUT2D eigenvalue weighted by Crippen LogP contribution is 2.53. The van der Waals surface area contributed by atoms with Crippen LogP contribution in [-0.2, 0) is 19.1 Å². The van der Waals surface area contributed by atoms with Crippen LogP contribution in [0, 0.1) is 11.8 Å². The van der Waals surface area contributed by atoms with E-state index in [-0.39, 0.29) is 17.9 Å². The normalized spacial score (nSPS) is 27.5. The van der Waals surface area contributed by atoms with E-state index in [9.17, 15) is 14.4 Å². The second kappa shape index (κ2) is 6.05. The van der Waals surface area contributed by atoms with Crippen molar-refractivity contribution < 1.29 is 19.1 Å². The van der Waals surface area contributed by atoms with Crippen LogP contribution >= 0.6 is 0 Å². The summed E-state index contributed by atoms with van der Waals surface area (Å²) in [5.74, 6) is -2.54. The molecule has 5 rings (SSSR count). The van der Waals surface area contributed by atoms with Gasteiger partial charge in [0, 0.05) is 6.20 Å². The Labute approximate surface area is 162 Å². The summed E-state index contributed by atoms with van der Waals surface area (Å²) in [6.45, 7) is 0. The maximum absolute atomic E-state index is 13.4. The molecule has 4 atom stereocenters. The molecule has 2 amide bonds. The summed E-state index contributed by atoms with van der Waals surface area (Å²) < 4.78 is 5.01. The predicted molar refractivity (Wildman–Crippen MR) is 102 cm³/mol. The van der Waals surface area contributed by atoms with Gasteiger partial charge in [0.15, 0.2) is 0 Å². The lowest BCUT2D eigenvalue weighted by molar-refractivity contribution is -0.148. The van der Waals surface area contributed by atoms with E-state index in [1.54, 1.807) is 30.5 Å². The van der Waals surface area contributed by atoms with E-state index in [2.05, 4.69) is 0 Å². The second-order valence-corrected chi connectivity index (χ2v) is 7.20. The van der Waals surface area contributed by atoms with Crippen LogP contribution < -0.4 is 4.90 Å². The van der Waals surface area contributed by atoms with Gasteiger partial charge >= 0.3 is 5.97 Å². The van der Waals surface area contributed by atoms with E-state index in [0.29, 0.717) is 5.69 Å². The van der Waals surface area contributed by atoms with Crippen LogP contribution in [0.1, 0.15) is 17.2 Å². The number of imide groups is 1. The van der Waals surface area contributed by atoms with Crippen LogP contribution in [0.25, 0.3) is 6.08 Å². The van der Waals surface area contributed by atoms with E-state index in [4.69, 9.17) is 4.74 Å². The van der Waals surface area contributed by atoms with E-state index in [0.717, 1.165) is 11.1 Å². The van der Waals surface area contributed by atoms with Crippen molar-refractivity contribution >= 4 is 29.5 Å². The van der Waals surface area contributed by atoms with Crippen LogP contribution in [0.4, 0.5) is 5.69 Å². The number of fused-ring (bicyclic) bond motifs is 5. The first-order valence-electron chi connectivity index (χ1n) is 9.18. The minimum atomic E-state index is -0.824. The molecule has 2 saturated heterocycles. The first-order chi connectivity index (χ1) is 13.6. The third-order valence-electron chi connectivity index (χ3n) is 5.92. The molecule has 4 unspecified atom stereocenters. The number of rotatable bonds is 2. The zero-order valence-corrected chi connectivity index (χ0v) is 15.2. The van der Waals surface area contributed by atoms with E-state index < -0.39 is 23.8 Å². The molecule has 3 heterocycles. The fourth-order valence-electron chi connectivity index (χ4n) is 4.78. The highest BCUT2D eigenvalue weighted by atomic mass is 16.5. The minimum absolute atomic E-state index is 0.271. The molecule has 0 bridgehead atoms. The number of hydrogen-bond acceptors (Lipinski definition) is 5. The van der Waals surface area contributed by atoms with Crippen molar-refractivity contribution in [2.24, 2.45) is 11.8 Å². The molecule has 3 aliphatic rings. The molecule has 2 aromatic carbocycles. The fraction of sp³-hybridized carbons (Fsp3) is 0.227. The first kappa shape index (κ1) is 16.7. The molecule has 6 nitrogen and oxygen atoms in total. The number of ether oxygens (including phenoxy) is 1. The van der Waals surface area contributed by atoms with E-state index in [1.807, 2.05) is 41.3 Å². The summed E-state index contributed by atoms with van der Waals surface area (Å²) in [6.07, 6.45) is 3.72. The molecular formula is C22H18N2O4. The van der Waals surface area contributed by atoms with E-state index in [1.165, 1.54) is 12.0 Å². The van der Waals surface area contributed by atoms with E-state index >= 15 is 0 Å². The van der Waals surface area contributed by atoms with Gasteiger partial charge in [-0.1, -0.05) is 42.5 Å². The Kier molecular flexibility index (Phi) is 3.62. The summed E-state index contributed by atoms with van der Waals surface area (Å²) in [5, 5.41) is 0. The van der Waals surface area contributed by atoms with Crippen LogP contribution in [0.3, 0.4) is 0 Å². The van der Waals surface area contributed by atoms with Gasteiger partial charge in [-0.05, 0) is 29.3 Å². The van der Waals surface area contributed by atoms with Gasteiger partial charge in [-0.25, -0.2) is 9.69 Å². The standard InChI is InChI=1S/C22H18N2O4/c1-28-22(27)19-17-16(18-15-10-6-5-7-13(15)11-12-23(18)19)20(25)24(21(17)26)14-8-3-2-4-9-14/h2-12,16-19H,1H3. The largest absolute Gasteiger partial charge is 0.467 e. The van der Waals surface area contributed by atoms with Gasteiger partial charge in [0.05, 0.1) is 30.7 Å². The van der Waals surface area contributed by atoms with Crippen molar-refractivity contribution in [3.8, 4) is 0 Å². The number of benzene rings is 2. The van der Waals surface area contributed by atoms with Crippen molar-refractivity contribution in [1.29, 1.82) is 0 Å². The second-order valence-electron chi connectivity index (χ2n) is 7.20. The predicted octanol–water partition coefficient (Wildman–Crippen LogP) is 2.38. The fourth-order valence-corrected chi connectivity index (χ4v) is 4.78. The Bertz CT molecular complexity index is 1020. The SMILES string of the molecule is COC(=O)C1C2C(=O)N(c3ccccc3)C(=O)C2C2c3ccccc3C=CN12. The minimum Gasteiger partial charge on any atom is -0.467 e. The average Bonchev–Trinajstić information content (AvgIpc) is 3.21. The quantitative estimate of drug-likeness (QED) is 0.596. The number of carbonyl (C=O) groups excluding carboxylic acids is 3. The summed E-state index contributed by atoms with van der Waals surface area (Å²) in [6, 6.07) is 15.4. The highest BCUT2D eigenvalue weighted by molar-refractivity contribution is 6.23. The molecule has 0 saturated carbocycles. The molecular weight excluding hydrogens is 356 g/mol. The van der Waals surface area contributed by atoms with Gasteiger partial charge in [0.2, 0.25) is 11.8 Å². The van der Waals surface area contributed by atoms with Crippen LogP contribution in [0.15, 0.2) is 60.8 Å². The van der Waals surface area contributed by atoms with Gasteiger partial charge < -0.3 is 9.64 Å². The third-order valence-corrected chi connectivity index (χ3v) is 5.92. The number of nitrogens with zero attached hydrogens (tertiary/aromatic N) is 2. The maximum Gasteiger partial charge on any atom is 0.329 e. The lowest BCUT2D eigenvalue weighted by atomic mass is 9.84. The number of hydrogen-bond donors (Lipinski definition) is 0. The molecule has 0 N–H and O–H groups in total. The molecule has 6 heteroatoms. The zero-order chi connectivity index (χ0) is 19.4. The van der Waals surface area contributed by atoms with Gasteiger partial charge in [-0.15, -0.1) is 0 Å². The van der Waals surface area contributed by atoms with Crippen molar-refractivity contribution in [3.63, 3.8) is 0 Å². The Morgan fingerprint density at radius 1 is 0.929 bits per heavy atom. The zero-order valence-electron chi connectivity index (χ0n) is 15.2. The van der Waals surface area contributed by atoms with Crippen molar-refractivity contribution in [1.82, 2.24) is 4.90 Å². The maximum atomic E-state index is 13.4. The van der Waals surface area contributed by atoms with Crippen LogP contribution in [0.5, 0.6) is 0 Å². The molecule has 0 spiro atoms. The summed E-state index contributed by atoms with van der Waals surface area (Å²) in [4.78, 5) is 42.4. The third kappa shape index (κ3) is 2.11. The lowest BCUT2D eigenvalue weighted by Crippen LogP contribution is -2.44. The van der Waals surface area contributed by atoms with Crippen molar-refractivity contribution in [3.05, 3.63) is 71.9 Å². The first-order valence-corrected chi connectivity index (χ1v) is 9.18. The number of methoxy groups -OCH3 is 1. The van der Waals surface area contributed by atoms with Crippen LogP contribution in [0.2, 0.25) is 0 Å². The topological polar surface area (TPSA) is 66.9 Å². The molecule has 2 aromatic rings.